The van der Waals surface area contributed by atoms with E-state index >= 15 is 0 Å². The first kappa shape index (κ1) is 66.6. The van der Waals surface area contributed by atoms with Crippen LogP contribution in [0.4, 0.5) is 8.78 Å². The van der Waals surface area contributed by atoms with E-state index in [0.29, 0.717) is 86.1 Å². The maximum absolute atomic E-state index is 14.8. The fourth-order valence-electron chi connectivity index (χ4n) is 12.3. The summed E-state index contributed by atoms with van der Waals surface area (Å²) in [6.07, 6.45) is -0.735. The second kappa shape index (κ2) is 28.6. The number of rotatable bonds is 20. The molecule has 4 fully saturated rings. The molecule has 0 spiro atoms. The average molecular weight is 1280 g/mol. The lowest BCUT2D eigenvalue weighted by molar-refractivity contribution is -0.189. The van der Waals surface area contributed by atoms with E-state index in [2.05, 4.69) is 37.6 Å². The SMILES string of the molecule is CCN1CC[C@H]2CC[C@@H](C(=O)N[C@@H](CCC(N)=O)C(=O)N[C@@H](Cc3ccc(C(=O)OC(C)(C)C)cc3)C(=O)N3CCC(CCC#Cc4cccc5c4CN(C4CCC(=O)NC4=O)C5=O)CC3)N2C(=O)[C@@H](NC(=O)c2cc3cc(C(F)(F)OP(O)O)ccc3s2)C1. The van der Waals surface area contributed by atoms with Crippen LogP contribution < -0.4 is 27.0 Å². The molecule has 27 heteroatoms. The van der Waals surface area contributed by atoms with Crippen molar-refractivity contribution in [1.82, 2.24) is 40.9 Å². The predicted molar refractivity (Wildman–Crippen MR) is 325 cm³/mol. The zero-order valence-corrected chi connectivity index (χ0v) is 52.1. The van der Waals surface area contributed by atoms with Gasteiger partial charge in [0.2, 0.25) is 41.4 Å². The second-order valence-electron chi connectivity index (χ2n) is 24.3. The summed E-state index contributed by atoms with van der Waals surface area (Å²) < 4.78 is 39.3. The summed E-state index contributed by atoms with van der Waals surface area (Å²) in [4.78, 5) is 161. The molecule has 5 aliphatic heterocycles. The number of halogens is 2. The number of benzene rings is 3. The molecule has 4 saturated heterocycles. The van der Waals surface area contributed by atoms with Crippen LogP contribution in [0.15, 0.2) is 66.7 Å². The van der Waals surface area contributed by atoms with Crippen LogP contribution in [0.1, 0.15) is 151 Å². The number of likely N-dealkylation sites (tertiary alicyclic amines) is 1. The Morgan fingerprint density at radius 2 is 1.64 bits per heavy atom. The molecule has 4 aromatic rings. The van der Waals surface area contributed by atoms with Crippen molar-refractivity contribution in [2.24, 2.45) is 11.7 Å². The van der Waals surface area contributed by atoms with Crippen LogP contribution in [-0.2, 0) is 61.9 Å². The zero-order valence-electron chi connectivity index (χ0n) is 50.4. The molecule has 6 heterocycles. The molecule has 0 radical (unpaired) electrons. The Morgan fingerprint density at radius 1 is 0.900 bits per heavy atom. The number of hydrogen-bond acceptors (Lipinski definition) is 16. The molecular weight excluding hydrogens is 1210 g/mol. The molecule has 0 saturated carbocycles. The van der Waals surface area contributed by atoms with E-state index in [0.717, 1.165) is 29.0 Å². The molecular formula is C63H74F2N9O14PS. The number of fused-ring (bicyclic) bond motifs is 3. The second-order valence-corrected chi connectivity index (χ2v) is 26.1. The molecule has 1 aromatic heterocycles. The number of nitrogens with two attached hydrogens (primary N) is 1. The highest BCUT2D eigenvalue weighted by Crippen LogP contribution is 2.43. The molecule has 90 heavy (non-hydrogen) atoms. The summed E-state index contributed by atoms with van der Waals surface area (Å²) in [5.41, 5.74) is 6.89. The number of alkyl halides is 2. The third kappa shape index (κ3) is 16.2. The molecule has 9 amide bonds. The van der Waals surface area contributed by atoms with Crippen molar-refractivity contribution in [3.05, 3.63) is 105 Å². The number of likely N-dealkylation sites (N-methyl/N-ethyl adjacent to an activating group) is 1. The average Bonchev–Trinajstić information content (AvgIpc) is 1.64. The smallest absolute Gasteiger partial charge is 0.389 e. The fourth-order valence-corrected chi connectivity index (χ4v) is 13.5. The summed E-state index contributed by atoms with van der Waals surface area (Å²) in [6.45, 7) is 9.12. The number of hydrogen-bond donors (Lipinski definition) is 7. The Labute approximate surface area is 524 Å². The number of imide groups is 1. The van der Waals surface area contributed by atoms with Gasteiger partial charge in [0.05, 0.1) is 16.0 Å². The lowest BCUT2D eigenvalue weighted by Crippen LogP contribution is -2.62. The van der Waals surface area contributed by atoms with Crippen LogP contribution in [0, 0.1) is 17.8 Å². The van der Waals surface area contributed by atoms with E-state index in [1.165, 1.54) is 21.9 Å². The van der Waals surface area contributed by atoms with Crippen molar-refractivity contribution in [2.45, 2.75) is 159 Å². The van der Waals surface area contributed by atoms with Crippen molar-refractivity contribution in [3.8, 4) is 11.8 Å². The first-order valence-corrected chi connectivity index (χ1v) is 32.1. The number of primary amides is 1. The number of esters is 1. The molecule has 1 unspecified atom stereocenters. The van der Waals surface area contributed by atoms with Crippen LogP contribution in [-0.4, -0.2) is 163 Å². The van der Waals surface area contributed by atoms with E-state index in [1.54, 1.807) is 62.1 Å². The van der Waals surface area contributed by atoms with E-state index in [-0.39, 0.29) is 85.2 Å². The Kier molecular flexibility index (Phi) is 21.2. The largest absolute Gasteiger partial charge is 0.456 e. The molecule has 480 valence electrons. The third-order valence-electron chi connectivity index (χ3n) is 17.0. The normalized spacial score (nSPS) is 20.7. The maximum Gasteiger partial charge on any atom is 0.389 e. The van der Waals surface area contributed by atoms with Crippen LogP contribution >= 0.6 is 19.9 Å². The molecule has 0 aliphatic carbocycles. The van der Waals surface area contributed by atoms with E-state index < -0.39 is 109 Å². The molecule has 9 rings (SSSR count). The highest BCUT2D eigenvalue weighted by molar-refractivity contribution is 7.39. The number of carbonyl (C=O) groups is 10. The van der Waals surface area contributed by atoms with Gasteiger partial charge in [0.25, 0.3) is 11.8 Å². The summed E-state index contributed by atoms with van der Waals surface area (Å²) in [5, 5.41) is 11.0. The van der Waals surface area contributed by atoms with Gasteiger partial charge in [-0.05, 0) is 150 Å². The number of piperidine rings is 2. The quantitative estimate of drug-likeness (QED) is 0.0275. The van der Waals surface area contributed by atoms with Gasteiger partial charge in [-0.25, -0.2) is 9.32 Å². The molecule has 0 bridgehead atoms. The summed E-state index contributed by atoms with van der Waals surface area (Å²) in [6, 6.07) is 10.4. The number of thiophene rings is 1. The van der Waals surface area contributed by atoms with Crippen molar-refractivity contribution in [1.29, 1.82) is 0 Å². The summed E-state index contributed by atoms with van der Waals surface area (Å²) in [5.74, 6) is 1.03. The van der Waals surface area contributed by atoms with Crippen LogP contribution in [0.2, 0.25) is 0 Å². The van der Waals surface area contributed by atoms with Gasteiger partial charge in [-0.1, -0.05) is 37.0 Å². The van der Waals surface area contributed by atoms with Crippen molar-refractivity contribution < 1.29 is 75.8 Å². The van der Waals surface area contributed by atoms with Gasteiger partial charge in [0.1, 0.15) is 35.8 Å². The van der Waals surface area contributed by atoms with E-state index in [9.17, 15) is 56.7 Å². The van der Waals surface area contributed by atoms with Gasteiger partial charge in [0, 0.05) is 80.3 Å². The third-order valence-corrected chi connectivity index (χ3v) is 18.5. The van der Waals surface area contributed by atoms with E-state index in [4.69, 9.17) is 20.3 Å². The number of nitrogens with one attached hydrogen (secondary N) is 4. The molecule has 3 aromatic carbocycles. The van der Waals surface area contributed by atoms with Crippen LogP contribution in [0.25, 0.3) is 10.1 Å². The van der Waals surface area contributed by atoms with Gasteiger partial charge in [-0.2, -0.15) is 8.78 Å². The molecule has 5 aliphatic rings. The Bertz CT molecular complexity index is 3510. The topological polar surface area (TPSA) is 317 Å². The number of amides is 9. The lowest BCUT2D eigenvalue weighted by atomic mass is 9.91. The molecule has 23 nitrogen and oxygen atoms in total. The Balaban J connectivity index is 0.875. The zero-order chi connectivity index (χ0) is 64.8. The van der Waals surface area contributed by atoms with Gasteiger partial charge < -0.3 is 55.8 Å². The number of nitrogens with zero attached hydrogens (tertiary/aromatic N) is 4. The summed E-state index contributed by atoms with van der Waals surface area (Å²) >= 11 is 0.979. The van der Waals surface area contributed by atoms with Crippen molar-refractivity contribution in [3.63, 3.8) is 0 Å². The predicted octanol–water partition coefficient (Wildman–Crippen LogP) is 4.63. The maximum atomic E-state index is 14.8. The molecule has 6 atom stereocenters. The number of ether oxygens (including phenoxy) is 1. The van der Waals surface area contributed by atoms with E-state index in [1.807, 2.05) is 17.9 Å². The Morgan fingerprint density at radius 3 is 2.33 bits per heavy atom. The van der Waals surface area contributed by atoms with Crippen molar-refractivity contribution in [2.75, 3.05) is 32.7 Å². The molecule has 8 N–H and O–H groups in total. The monoisotopic (exact) mass is 1280 g/mol. The highest BCUT2D eigenvalue weighted by Gasteiger charge is 2.47. The van der Waals surface area contributed by atoms with Gasteiger partial charge in [0.15, 0.2) is 0 Å². The minimum Gasteiger partial charge on any atom is -0.456 e. The first-order chi connectivity index (χ1) is 42.7. The van der Waals surface area contributed by atoms with Crippen LogP contribution in [0.5, 0.6) is 0 Å². The fraction of sp³-hybridized carbons (Fsp3) is 0.492. The van der Waals surface area contributed by atoms with Crippen LogP contribution in [0.3, 0.4) is 0 Å². The minimum absolute atomic E-state index is 0.0383. The minimum atomic E-state index is -4.04. The number of carbonyl (C=O) groups excluding carboxylic acids is 10. The van der Waals surface area contributed by atoms with Crippen molar-refractivity contribution >= 4 is 89.2 Å². The highest BCUT2D eigenvalue weighted by atomic mass is 32.1. The van der Waals surface area contributed by atoms with Gasteiger partial charge in [-0.3, -0.25) is 48.5 Å². The van der Waals surface area contributed by atoms with Gasteiger partial charge in [-0.15, -0.1) is 11.3 Å². The first-order valence-electron chi connectivity index (χ1n) is 30.2. The standard InChI is InChI=1S/C63H74F2N9O14PS/c1-5-71-28-27-42-18-20-49(74(42)60(83)47(35-71)69-57(80)51-33-40-32-41(17-22-50(40)90-51)63(64,65)88-89(85)86)56(79)67-45(19-23-52(66)75)54(77)68-46(31-37-13-15-39(16-14-37)61(84)87-62(2,3)4)59(82)72-29-25-36(26-30-72)9-6-7-10-38-11-8-12-43-44(38)34-73(58(43)81)48-21-24-53(76)70-55(48)78/h8,11-17,22,32-33,36,42,45-49,85-86H,5-6,9,18-21,23-31,34-35H2,1-4H3,(H2,66,75)(H,67,79)(H,68,77)(H,69,80)(H,70,76,78)/t42-,45+,46+,47+,48?,49+/m1/s1. The Hall–Kier alpha value is -7.79. The summed E-state index contributed by atoms with van der Waals surface area (Å²) in [7, 11) is -3.39. The van der Waals surface area contributed by atoms with Gasteiger partial charge >= 0.3 is 20.7 Å². The lowest BCUT2D eigenvalue weighted by Gasteiger charge is -2.38.